The van der Waals surface area contributed by atoms with Crippen LogP contribution in [0.25, 0.3) is 0 Å². The molecule has 1 aliphatic carbocycles. The molecule has 1 aromatic rings. The van der Waals surface area contributed by atoms with Gasteiger partial charge in [-0.2, -0.15) is 0 Å². The highest BCUT2D eigenvalue weighted by Gasteiger charge is 2.22. The predicted molar refractivity (Wildman–Crippen MR) is 79.4 cm³/mol. The number of rotatable bonds is 3. The molecule has 0 saturated heterocycles. The fourth-order valence-electron chi connectivity index (χ4n) is 2.98. The molecule has 104 valence electrons. The van der Waals surface area contributed by atoms with Crippen LogP contribution >= 0.6 is 0 Å². The number of amides is 1. The Bertz CT molecular complexity index is 445. The standard InChI is InChI=1S/C17H25NO/c1-4-14-8-10-15(11-9-14)18-17(19)16-7-5-6-12(2)13(16)3/h5-7,14-15H,4,8-11H2,1-3H3,(H,18,19). The molecular formula is C17H25NO. The second-order valence-electron chi connectivity index (χ2n) is 5.85. The Kier molecular flexibility index (Phi) is 4.62. The van der Waals surface area contributed by atoms with Gasteiger partial charge in [0.2, 0.25) is 0 Å². The molecule has 0 unspecified atom stereocenters. The van der Waals surface area contributed by atoms with Gasteiger partial charge in [-0.1, -0.05) is 25.5 Å². The summed E-state index contributed by atoms with van der Waals surface area (Å²) >= 11 is 0. The van der Waals surface area contributed by atoms with Crippen LogP contribution in [0.3, 0.4) is 0 Å². The summed E-state index contributed by atoms with van der Waals surface area (Å²) in [6, 6.07) is 6.31. The van der Waals surface area contributed by atoms with Gasteiger partial charge in [0.1, 0.15) is 0 Å². The lowest BCUT2D eigenvalue weighted by atomic mass is 9.84. The molecule has 0 aliphatic heterocycles. The zero-order chi connectivity index (χ0) is 13.8. The van der Waals surface area contributed by atoms with E-state index in [1.54, 1.807) is 0 Å². The van der Waals surface area contributed by atoms with Crippen LogP contribution in [0.1, 0.15) is 60.5 Å². The van der Waals surface area contributed by atoms with Crippen molar-refractivity contribution in [2.45, 2.75) is 58.9 Å². The Morgan fingerprint density at radius 1 is 1.21 bits per heavy atom. The Balaban J connectivity index is 1.96. The van der Waals surface area contributed by atoms with Crippen molar-refractivity contribution in [2.75, 3.05) is 0 Å². The summed E-state index contributed by atoms with van der Waals surface area (Å²) in [5.74, 6) is 0.968. The van der Waals surface area contributed by atoms with E-state index in [1.807, 2.05) is 19.1 Å². The topological polar surface area (TPSA) is 29.1 Å². The third-order valence-electron chi connectivity index (χ3n) is 4.61. The van der Waals surface area contributed by atoms with Crippen molar-refractivity contribution in [3.63, 3.8) is 0 Å². The maximum Gasteiger partial charge on any atom is 0.251 e. The lowest BCUT2D eigenvalue weighted by molar-refractivity contribution is 0.0921. The summed E-state index contributed by atoms with van der Waals surface area (Å²) < 4.78 is 0. The van der Waals surface area contributed by atoms with Gasteiger partial charge in [0.25, 0.3) is 5.91 Å². The molecule has 19 heavy (non-hydrogen) atoms. The van der Waals surface area contributed by atoms with Crippen LogP contribution in [0.2, 0.25) is 0 Å². The van der Waals surface area contributed by atoms with Crippen molar-refractivity contribution in [1.82, 2.24) is 5.32 Å². The monoisotopic (exact) mass is 259 g/mol. The molecule has 2 nitrogen and oxygen atoms in total. The van der Waals surface area contributed by atoms with Crippen molar-refractivity contribution >= 4 is 5.91 Å². The molecule has 1 aromatic carbocycles. The second kappa shape index (κ2) is 6.23. The van der Waals surface area contributed by atoms with Gasteiger partial charge in [-0.3, -0.25) is 4.79 Å². The van der Waals surface area contributed by atoms with Crippen LogP contribution in [0.4, 0.5) is 0 Å². The van der Waals surface area contributed by atoms with E-state index in [9.17, 15) is 4.79 Å². The van der Waals surface area contributed by atoms with Gasteiger partial charge < -0.3 is 5.32 Å². The molecule has 0 radical (unpaired) electrons. The highest BCUT2D eigenvalue weighted by Crippen LogP contribution is 2.26. The molecule has 0 heterocycles. The van der Waals surface area contributed by atoms with Gasteiger partial charge >= 0.3 is 0 Å². The quantitative estimate of drug-likeness (QED) is 0.873. The number of benzene rings is 1. The van der Waals surface area contributed by atoms with Crippen molar-refractivity contribution in [2.24, 2.45) is 5.92 Å². The molecule has 0 atom stereocenters. The highest BCUT2D eigenvalue weighted by molar-refractivity contribution is 5.96. The molecule has 1 saturated carbocycles. The highest BCUT2D eigenvalue weighted by atomic mass is 16.1. The summed E-state index contributed by atoms with van der Waals surface area (Å²) in [6.07, 6.45) is 6.06. The molecule has 0 spiro atoms. The molecule has 0 bridgehead atoms. The predicted octanol–water partition coefficient (Wildman–Crippen LogP) is 4.00. The first-order valence-electron chi connectivity index (χ1n) is 7.49. The summed E-state index contributed by atoms with van der Waals surface area (Å²) in [5, 5.41) is 3.21. The van der Waals surface area contributed by atoms with Crippen LogP contribution in [0, 0.1) is 19.8 Å². The SMILES string of the molecule is CCC1CCC(NC(=O)c2cccc(C)c2C)CC1. The Morgan fingerprint density at radius 3 is 2.53 bits per heavy atom. The smallest absolute Gasteiger partial charge is 0.251 e. The fraction of sp³-hybridized carbons (Fsp3) is 0.588. The number of aryl methyl sites for hydroxylation is 1. The minimum Gasteiger partial charge on any atom is -0.349 e. The normalized spacial score (nSPS) is 23.1. The molecule has 1 amide bonds. The minimum atomic E-state index is 0.0983. The van der Waals surface area contributed by atoms with Crippen LogP contribution in [0.15, 0.2) is 18.2 Å². The zero-order valence-corrected chi connectivity index (χ0v) is 12.3. The summed E-state index contributed by atoms with van der Waals surface area (Å²) in [4.78, 5) is 12.3. The summed E-state index contributed by atoms with van der Waals surface area (Å²) in [5.41, 5.74) is 3.11. The first-order chi connectivity index (χ1) is 9.11. The van der Waals surface area contributed by atoms with Gasteiger partial charge in [-0.25, -0.2) is 0 Å². The van der Waals surface area contributed by atoms with Crippen molar-refractivity contribution in [3.8, 4) is 0 Å². The Labute approximate surface area is 116 Å². The third-order valence-corrected chi connectivity index (χ3v) is 4.61. The average Bonchev–Trinajstić information content (AvgIpc) is 2.42. The molecule has 2 heteroatoms. The summed E-state index contributed by atoms with van der Waals surface area (Å²) in [6.45, 7) is 6.34. The lowest BCUT2D eigenvalue weighted by Gasteiger charge is -2.28. The van der Waals surface area contributed by atoms with Gasteiger partial charge in [0.15, 0.2) is 0 Å². The number of hydrogen-bond donors (Lipinski definition) is 1. The van der Waals surface area contributed by atoms with Crippen LogP contribution in [0.5, 0.6) is 0 Å². The van der Waals surface area contributed by atoms with Gasteiger partial charge in [0.05, 0.1) is 0 Å². The minimum absolute atomic E-state index is 0.0983. The van der Waals surface area contributed by atoms with Crippen molar-refractivity contribution < 1.29 is 4.79 Å². The van der Waals surface area contributed by atoms with E-state index in [2.05, 4.69) is 25.2 Å². The average molecular weight is 259 g/mol. The van der Waals surface area contributed by atoms with Crippen molar-refractivity contribution in [1.29, 1.82) is 0 Å². The third kappa shape index (κ3) is 3.37. The molecular weight excluding hydrogens is 234 g/mol. The lowest BCUT2D eigenvalue weighted by Crippen LogP contribution is -2.37. The van der Waals surface area contributed by atoms with Gasteiger partial charge in [-0.05, 0) is 62.6 Å². The summed E-state index contributed by atoms with van der Waals surface area (Å²) in [7, 11) is 0. The largest absolute Gasteiger partial charge is 0.349 e. The van der Waals surface area contributed by atoms with E-state index in [4.69, 9.17) is 0 Å². The number of hydrogen-bond acceptors (Lipinski definition) is 1. The van der Waals surface area contributed by atoms with Crippen LogP contribution in [-0.4, -0.2) is 11.9 Å². The number of carbonyl (C=O) groups is 1. The molecule has 2 rings (SSSR count). The first-order valence-corrected chi connectivity index (χ1v) is 7.49. The second-order valence-corrected chi connectivity index (χ2v) is 5.85. The Hall–Kier alpha value is -1.31. The van der Waals surface area contributed by atoms with Gasteiger partial charge in [0, 0.05) is 11.6 Å². The maximum absolute atomic E-state index is 12.3. The Morgan fingerprint density at radius 2 is 1.89 bits per heavy atom. The number of nitrogens with one attached hydrogen (secondary N) is 1. The fourth-order valence-corrected chi connectivity index (χ4v) is 2.98. The first kappa shape index (κ1) is 14.1. The maximum atomic E-state index is 12.3. The molecule has 1 aliphatic rings. The molecule has 1 N–H and O–H groups in total. The van der Waals surface area contributed by atoms with E-state index in [1.165, 1.54) is 24.8 Å². The molecule has 1 fully saturated rings. The zero-order valence-electron chi connectivity index (χ0n) is 12.3. The van der Waals surface area contributed by atoms with Crippen LogP contribution < -0.4 is 5.32 Å². The van der Waals surface area contributed by atoms with E-state index in [0.29, 0.717) is 6.04 Å². The van der Waals surface area contributed by atoms with Gasteiger partial charge in [-0.15, -0.1) is 0 Å². The van der Waals surface area contributed by atoms with E-state index in [0.717, 1.165) is 29.9 Å². The van der Waals surface area contributed by atoms with E-state index < -0.39 is 0 Å². The molecule has 0 aromatic heterocycles. The van der Waals surface area contributed by atoms with Crippen molar-refractivity contribution in [3.05, 3.63) is 34.9 Å². The number of carbonyl (C=O) groups excluding carboxylic acids is 1. The van der Waals surface area contributed by atoms with E-state index >= 15 is 0 Å². The van der Waals surface area contributed by atoms with Crippen LogP contribution in [-0.2, 0) is 0 Å². The van der Waals surface area contributed by atoms with E-state index in [-0.39, 0.29) is 5.91 Å².